The molecule has 0 aliphatic heterocycles. The molecule has 1 aliphatic carbocycles. The number of halogens is 1. The highest BCUT2D eigenvalue weighted by atomic mass is 127. The van der Waals surface area contributed by atoms with Gasteiger partial charge in [0, 0.05) is 22.9 Å². The molecule has 104 valence electrons. The molecule has 2 rings (SSSR count). The van der Waals surface area contributed by atoms with Crippen LogP contribution in [0.1, 0.15) is 25.3 Å². The first-order valence-electron chi connectivity index (χ1n) is 6.70. The number of benzene rings is 1. The first-order valence-corrected chi connectivity index (χ1v) is 7.95. The smallest absolute Gasteiger partial charge is 0.227 e. The van der Waals surface area contributed by atoms with E-state index in [4.69, 9.17) is 4.74 Å². The summed E-state index contributed by atoms with van der Waals surface area (Å²) in [5.41, 5.74) is 1.24. The first-order chi connectivity index (χ1) is 9.13. The highest BCUT2D eigenvalue weighted by Gasteiger charge is 2.54. The van der Waals surface area contributed by atoms with Gasteiger partial charge in [0.25, 0.3) is 0 Å². The van der Waals surface area contributed by atoms with Gasteiger partial charge in [-0.05, 0) is 31.5 Å². The number of methoxy groups -OCH3 is 1. The lowest BCUT2D eigenvalue weighted by atomic mass is 10.1. The summed E-state index contributed by atoms with van der Waals surface area (Å²) in [6.45, 7) is 5.66. The van der Waals surface area contributed by atoms with Crippen LogP contribution in [-0.4, -0.2) is 34.9 Å². The Morgan fingerprint density at radius 2 is 1.84 bits per heavy atom. The van der Waals surface area contributed by atoms with E-state index in [0.29, 0.717) is 15.7 Å². The van der Waals surface area contributed by atoms with Gasteiger partial charge in [-0.3, -0.25) is 4.79 Å². The second-order valence-corrected chi connectivity index (χ2v) is 6.22. The molecule has 0 aromatic heterocycles. The van der Waals surface area contributed by atoms with Crippen LogP contribution in [0.4, 0.5) is 0 Å². The normalized spacial score (nSPS) is 24.9. The van der Waals surface area contributed by atoms with E-state index in [1.807, 2.05) is 30.9 Å². The van der Waals surface area contributed by atoms with Crippen molar-refractivity contribution in [3.8, 4) is 5.75 Å². The molecule has 0 bridgehead atoms. The van der Waals surface area contributed by atoms with E-state index in [0.717, 1.165) is 18.8 Å². The molecule has 4 heteroatoms. The van der Waals surface area contributed by atoms with Crippen molar-refractivity contribution in [3.63, 3.8) is 0 Å². The minimum absolute atomic E-state index is 0.147. The maximum Gasteiger partial charge on any atom is 0.227 e. The minimum atomic E-state index is 0.147. The molecule has 0 spiro atoms. The molecule has 1 aromatic rings. The maximum atomic E-state index is 12.4. The maximum absolute atomic E-state index is 12.4. The molecule has 0 unspecified atom stereocenters. The molecular formula is C15H20INO2. The minimum Gasteiger partial charge on any atom is -0.497 e. The summed E-state index contributed by atoms with van der Waals surface area (Å²) in [5.74, 6) is 1.67. The van der Waals surface area contributed by atoms with Crippen molar-refractivity contribution in [1.82, 2.24) is 4.90 Å². The van der Waals surface area contributed by atoms with E-state index in [9.17, 15) is 4.79 Å². The van der Waals surface area contributed by atoms with Crippen LogP contribution in [0.15, 0.2) is 24.3 Å². The number of nitrogens with zero attached hydrogens (tertiary/aromatic N) is 1. The third kappa shape index (κ3) is 2.88. The molecule has 3 nitrogen and oxygen atoms in total. The molecular weight excluding hydrogens is 353 g/mol. The highest BCUT2D eigenvalue weighted by Crippen LogP contribution is 2.54. The van der Waals surface area contributed by atoms with Gasteiger partial charge in [-0.25, -0.2) is 0 Å². The summed E-state index contributed by atoms with van der Waals surface area (Å²) in [5, 5.41) is 0. The Hall–Kier alpha value is -0.780. The number of rotatable bonds is 5. The van der Waals surface area contributed by atoms with E-state index < -0.39 is 0 Å². The predicted octanol–water partition coefficient (Wildman–Crippen LogP) is 3.08. The lowest BCUT2D eigenvalue weighted by molar-refractivity contribution is -0.132. The zero-order chi connectivity index (χ0) is 14.0. The number of carbonyl (C=O) groups excluding carboxylic acids is 1. The predicted molar refractivity (Wildman–Crippen MR) is 85.0 cm³/mol. The summed E-state index contributed by atoms with van der Waals surface area (Å²) in [7, 11) is 1.67. The summed E-state index contributed by atoms with van der Waals surface area (Å²) < 4.78 is 5.58. The summed E-state index contributed by atoms with van der Waals surface area (Å²) in [6, 6.07) is 8.08. The molecule has 19 heavy (non-hydrogen) atoms. The van der Waals surface area contributed by atoms with E-state index >= 15 is 0 Å². The second-order valence-electron chi connectivity index (χ2n) is 4.78. The Bertz CT molecular complexity index is 442. The fourth-order valence-electron chi connectivity index (χ4n) is 2.53. The lowest BCUT2D eigenvalue weighted by Gasteiger charge is -2.18. The number of alkyl halides is 1. The quantitative estimate of drug-likeness (QED) is 0.587. The fourth-order valence-corrected chi connectivity index (χ4v) is 3.90. The summed E-state index contributed by atoms with van der Waals surface area (Å²) in [6.07, 6.45) is 0. The van der Waals surface area contributed by atoms with Gasteiger partial charge in [0.1, 0.15) is 5.75 Å². The zero-order valence-corrected chi connectivity index (χ0v) is 13.8. The van der Waals surface area contributed by atoms with Crippen molar-refractivity contribution in [2.24, 2.45) is 5.92 Å². The van der Waals surface area contributed by atoms with Crippen molar-refractivity contribution in [2.45, 2.75) is 23.7 Å². The average molecular weight is 373 g/mol. The molecule has 0 saturated heterocycles. The Labute approximate surface area is 128 Å². The van der Waals surface area contributed by atoms with Gasteiger partial charge in [0.15, 0.2) is 0 Å². The van der Waals surface area contributed by atoms with E-state index in [1.165, 1.54) is 5.56 Å². The number of hydrogen-bond acceptors (Lipinski definition) is 2. The molecule has 1 aliphatic rings. The fraction of sp³-hybridized carbons (Fsp3) is 0.533. The molecule has 1 saturated carbocycles. The highest BCUT2D eigenvalue weighted by molar-refractivity contribution is 14.1. The topological polar surface area (TPSA) is 29.5 Å². The van der Waals surface area contributed by atoms with Gasteiger partial charge >= 0.3 is 0 Å². The van der Waals surface area contributed by atoms with Gasteiger partial charge < -0.3 is 9.64 Å². The van der Waals surface area contributed by atoms with Crippen LogP contribution in [-0.2, 0) is 4.79 Å². The zero-order valence-electron chi connectivity index (χ0n) is 11.6. The van der Waals surface area contributed by atoms with E-state index in [-0.39, 0.29) is 5.92 Å². The molecule has 1 fully saturated rings. The Morgan fingerprint density at radius 3 is 2.32 bits per heavy atom. The number of ether oxygens (including phenoxy) is 1. The lowest BCUT2D eigenvalue weighted by Crippen LogP contribution is -2.32. The van der Waals surface area contributed by atoms with Crippen molar-refractivity contribution in [1.29, 1.82) is 0 Å². The molecule has 0 N–H and O–H groups in total. The van der Waals surface area contributed by atoms with Crippen LogP contribution >= 0.6 is 22.6 Å². The third-order valence-corrected chi connectivity index (χ3v) is 5.34. The summed E-state index contributed by atoms with van der Waals surface area (Å²) in [4.78, 5) is 14.3. The number of amides is 1. The first kappa shape index (κ1) is 14.6. The molecule has 3 atom stereocenters. The van der Waals surface area contributed by atoms with Gasteiger partial charge in [-0.1, -0.05) is 34.7 Å². The standard InChI is InChI=1S/C15H20INO2/c1-4-17(5-2)15(18)13-12(14(13)16)10-6-8-11(19-3)9-7-10/h6-9,12-14H,4-5H2,1-3H3/t12-,13-,14-/m1/s1. The van der Waals surface area contributed by atoms with Gasteiger partial charge in [-0.2, -0.15) is 0 Å². The van der Waals surface area contributed by atoms with Crippen LogP contribution in [0.25, 0.3) is 0 Å². The van der Waals surface area contributed by atoms with Gasteiger partial charge in [0.05, 0.1) is 13.0 Å². The van der Waals surface area contributed by atoms with Crippen LogP contribution in [0, 0.1) is 5.92 Å². The Morgan fingerprint density at radius 1 is 1.26 bits per heavy atom. The van der Waals surface area contributed by atoms with Crippen molar-refractivity contribution >= 4 is 28.5 Å². The SMILES string of the molecule is CCN(CC)C(=O)[C@H]1[C@H](I)[C@@H]1c1ccc(OC)cc1. The molecule has 1 aromatic carbocycles. The van der Waals surface area contributed by atoms with E-state index in [1.54, 1.807) is 7.11 Å². The molecule has 1 amide bonds. The molecule has 0 radical (unpaired) electrons. The third-order valence-electron chi connectivity index (χ3n) is 3.79. The largest absolute Gasteiger partial charge is 0.497 e. The average Bonchev–Trinajstić information content (AvgIpc) is 3.11. The second kappa shape index (κ2) is 6.11. The van der Waals surface area contributed by atoms with Gasteiger partial charge in [-0.15, -0.1) is 0 Å². The van der Waals surface area contributed by atoms with Gasteiger partial charge in [0.2, 0.25) is 5.91 Å². The Balaban J connectivity index is 2.08. The molecule has 0 heterocycles. The van der Waals surface area contributed by atoms with Crippen molar-refractivity contribution in [2.75, 3.05) is 20.2 Å². The summed E-state index contributed by atoms with van der Waals surface area (Å²) >= 11 is 2.40. The van der Waals surface area contributed by atoms with E-state index in [2.05, 4.69) is 34.7 Å². The Kier molecular flexibility index (Phi) is 4.71. The van der Waals surface area contributed by atoms with Crippen LogP contribution in [0.5, 0.6) is 5.75 Å². The van der Waals surface area contributed by atoms with Crippen molar-refractivity contribution in [3.05, 3.63) is 29.8 Å². The van der Waals surface area contributed by atoms with Crippen LogP contribution < -0.4 is 4.74 Å². The number of carbonyl (C=O) groups is 1. The van der Waals surface area contributed by atoms with Crippen LogP contribution in [0.2, 0.25) is 0 Å². The number of hydrogen-bond donors (Lipinski definition) is 0. The van der Waals surface area contributed by atoms with Crippen LogP contribution in [0.3, 0.4) is 0 Å². The van der Waals surface area contributed by atoms with Crippen molar-refractivity contribution < 1.29 is 9.53 Å². The monoisotopic (exact) mass is 373 g/mol.